The lowest BCUT2D eigenvalue weighted by Crippen LogP contribution is -2.64. The van der Waals surface area contributed by atoms with Gasteiger partial charge >= 0.3 is 19.3 Å². The molecule has 1 saturated heterocycles. The molecule has 4 nitrogen and oxygen atoms in total. The summed E-state index contributed by atoms with van der Waals surface area (Å²) in [5.41, 5.74) is 0. The Balaban J connectivity index is 2.55. The van der Waals surface area contributed by atoms with Gasteiger partial charge in [0.2, 0.25) is 0 Å². The normalized spacial score (nSPS) is 34.6. The second-order valence-electron chi connectivity index (χ2n) is 1.98. The minimum absolute atomic E-state index is 1.02. The lowest BCUT2D eigenvalue weighted by molar-refractivity contribution is -0.460. The van der Waals surface area contributed by atoms with Crippen LogP contribution in [0.5, 0.6) is 0 Å². The van der Waals surface area contributed by atoms with Crippen molar-refractivity contribution in [3.63, 3.8) is 0 Å². The van der Waals surface area contributed by atoms with Gasteiger partial charge in [-0.3, -0.25) is 0 Å². The van der Waals surface area contributed by atoms with Gasteiger partial charge in [-0.2, -0.15) is 8.78 Å². The summed E-state index contributed by atoms with van der Waals surface area (Å²) in [6.45, 7) is -1.02. The van der Waals surface area contributed by atoms with Crippen molar-refractivity contribution in [2.45, 2.75) is 12.0 Å². The molecule has 0 aromatic rings. The Kier molecular flexibility index (Phi) is 1.87. The number of ether oxygens (including phenoxy) is 1. The van der Waals surface area contributed by atoms with E-state index in [0.29, 0.717) is 0 Å². The first-order chi connectivity index (χ1) is 4.87. The van der Waals surface area contributed by atoms with E-state index in [2.05, 4.69) is 9.39 Å². The van der Waals surface area contributed by atoms with Gasteiger partial charge in [0, 0.05) is 0 Å². The molecule has 0 aromatic heterocycles. The van der Waals surface area contributed by atoms with E-state index in [1.165, 1.54) is 0 Å². The molecule has 1 heterocycles. The summed E-state index contributed by atoms with van der Waals surface area (Å²) >= 11 is 0. The standard InChI is InChI=1S/C3H4BF3O4/c5-2(11-4(8)9)1-10-3(2,6)7/h8-9H,1H2. The van der Waals surface area contributed by atoms with Crippen molar-refractivity contribution in [2.75, 3.05) is 6.61 Å². The predicted octanol–water partition coefficient (Wildman–Crippen LogP) is -0.739. The zero-order valence-electron chi connectivity index (χ0n) is 5.13. The second-order valence-corrected chi connectivity index (χ2v) is 1.98. The highest BCUT2D eigenvalue weighted by Crippen LogP contribution is 2.43. The molecule has 1 atom stereocenters. The predicted molar refractivity (Wildman–Crippen MR) is 26.0 cm³/mol. The molecular weight excluding hydrogens is 168 g/mol. The summed E-state index contributed by atoms with van der Waals surface area (Å²) in [5.74, 6) is -3.42. The van der Waals surface area contributed by atoms with Crippen molar-refractivity contribution in [1.29, 1.82) is 0 Å². The molecule has 0 spiro atoms. The minimum Gasteiger partial charge on any atom is -0.402 e. The molecule has 1 fully saturated rings. The van der Waals surface area contributed by atoms with Gasteiger partial charge in [0.15, 0.2) is 0 Å². The van der Waals surface area contributed by atoms with Crippen molar-refractivity contribution in [3.05, 3.63) is 0 Å². The Bertz CT molecular complexity index is 165. The van der Waals surface area contributed by atoms with E-state index in [0.717, 1.165) is 0 Å². The molecule has 0 saturated carbocycles. The topological polar surface area (TPSA) is 58.9 Å². The maximum Gasteiger partial charge on any atom is 0.636 e. The molecule has 2 N–H and O–H groups in total. The first kappa shape index (κ1) is 8.79. The summed E-state index contributed by atoms with van der Waals surface area (Å²) < 4.78 is 43.5. The van der Waals surface area contributed by atoms with Crippen LogP contribution in [0.25, 0.3) is 0 Å². The molecule has 0 bridgehead atoms. The average molecular weight is 172 g/mol. The number of hydrogen-bond acceptors (Lipinski definition) is 4. The molecule has 0 radical (unpaired) electrons. The van der Waals surface area contributed by atoms with Gasteiger partial charge < -0.3 is 19.4 Å². The lowest BCUT2D eigenvalue weighted by Gasteiger charge is -2.40. The maximum atomic E-state index is 12.5. The van der Waals surface area contributed by atoms with Gasteiger partial charge in [-0.15, -0.1) is 0 Å². The molecule has 0 amide bonds. The number of alkyl halides is 3. The van der Waals surface area contributed by atoms with Crippen LogP contribution >= 0.6 is 0 Å². The van der Waals surface area contributed by atoms with Crippen molar-refractivity contribution in [3.8, 4) is 0 Å². The zero-order valence-corrected chi connectivity index (χ0v) is 5.13. The van der Waals surface area contributed by atoms with E-state index in [1.807, 2.05) is 0 Å². The number of hydrogen-bond donors (Lipinski definition) is 2. The van der Waals surface area contributed by atoms with Crippen LogP contribution in [0, 0.1) is 0 Å². The van der Waals surface area contributed by atoms with Gasteiger partial charge in [0.05, 0.1) is 0 Å². The van der Waals surface area contributed by atoms with Crippen LogP contribution in [-0.2, 0) is 9.39 Å². The first-order valence-electron chi connectivity index (χ1n) is 2.62. The van der Waals surface area contributed by atoms with E-state index in [9.17, 15) is 13.2 Å². The first-order valence-corrected chi connectivity index (χ1v) is 2.62. The van der Waals surface area contributed by atoms with Crippen LogP contribution in [0.4, 0.5) is 13.2 Å². The van der Waals surface area contributed by atoms with Crippen LogP contribution in [0.2, 0.25) is 0 Å². The van der Waals surface area contributed by atoms with Crippen molar-refractivity contribution in [1.82, 2.24) is 0 Å². The van der Waals surface area contributed by atoms with Crippen molar-refractivity contribution in [2.24, 2.45) is 0 Å². The highest BCUT2D eigenvalue weighted by molar-refractivity contribution is 6.32. The summed E-state index contributed by atoms with van der Waals surface area (Å²) in [5, 5.41) is 16.0. The number of halogens is 3. The highest BCUT2D eigenvalue weighted by Gasteiger charge is 2.68. The quantitative estimate of drug-likeness (QED) is 0.538. The SMILES string of the molecule is OB(O)OC1(F)COC1(F)F. The van der Waals surface area contributed by atoms with E-state index >= 15 is 0 Å². The Morgan fingerprint density at radius 3 is 2.00 bits per heavy atom. The summed E-state index contributed by atoms with van der Waals surface area (Å²) in [6, 6.07) is 0. The van der Waals surface area contributed by atoms with Gasteiger partial charge in [-0.05, 0) is 0 Å². The van der Waals surface area contributed by atoms with Crippen LogP contribution in [0.3, 0.4) is 0 Å². The second kappa shape index (κ2) is 2.34. The molecule has 0 aliphatic carbocycles. The Morgan fingerprint density at radius 1 is 1.36 bits per heavy atom. The lowest BCUT2D eigenvalue weighted by atomic mass is 10.1. The largest absolute Gasteiger partial charge is 0.636 e. The molecule has 11 heavy (non-hydrogen) atoms. The molecule has 0 aromatic carbocycles. The van der Waals surface area contributed by atoms with Crippen molar-refractivity contribution >= 4 is 7.32 Å². The third-order valence-corrected chi connectivity index (χ3v) is 1.17. The monoisotopic (exact) mass is 172 g/mol. The van der Waals surface area contributed by atoms with Crippen LogP contribution in [0.15, 0.2) is 0 Å². The van der Waals surface area contributed by atoms with Gasteiger partial charge in [0.25, 0.3) is 0 Å². The Morgan fingerprint density at radius 2 is 1.91 bits per heavy atom. The fourth-order valence-corrected chi connectivity index (χ4v) is 0.564. The molecule has 1 aliphatic rings. The van der Waals surface area contributed by atoms with Crippen LogP contribution in [0.1, 0.15) is 0 Å². The fourth-order valence-electron chi connectivity index (χ4n) is 0.564. The summed E-state index contributed by atoms with van der Waals surface area (Å²) in [6.07, 6.45) is -4.10. The average Bonchev–Trinajstić information content (AvgIpc) is 1.84. The minimum atomic E-state index is -4.10. The molecule has 1 unspecified atom stereocenters. The van der Waals surface area contributed by atoms with E-state index in [-0.39, 0.29) is 0 Å². The van der Waals surface area contributed by atoms with E-state index in [4.69, 9.17) is 10.0 Å². The molecule has 8 heteroatoms. The smallest absolute Gasteiger partial charge is 0.402 e. The van der Waals surface area contributed by atoms with Crippen LogP contribution in [-0.4, -0.2) is 35.9 Å². The van der Waals surface area contributed by atoms with E-state index < -0.39 is 25.9 Å². The van der Waals surface area contributed by atoms with Gasteiger partial charge in [-0.25, -0.2) is 4.39 Å². The maximum absolute atomic E-state index is 12.5. The third-order valence-electron chi connectivity index (χ3n) is 1.17. The van der Waals surface area contributed by atoms with Gasteiger partial charge in [-0.1, -0.05) is 0 Å². The Labute approximate surface area is 59.7 Å². The Hall–Kier alpha value is -0.305. The van der Waals surface area contributed by atoms with E-state index in [1.54, 1.807) is 0 Å². The molecule has 1 aliphatic heterocycles. The van der Waals surface area contributed by atoms with Gasteiger partial charge in [0.1, 0.15) is 6.61 Å². The molecule has 1 rings (SSSR count). The molecule has 64 valence electrons. The summed E-state index contributed by atoms with van der Waals surface area (Å²) in [4.78, 5) is 0. The highest BCUT2D eigenvalue weighted by atomic mass is 19.3. The van der Waals surface area contributed by atoms with Crippen LogP contribution < -0.4 is 0 Å². The van der Waals surface area contributed by atoms with Crippen molar-refractivity contribution < 1.29 is 32.6 Å². The number of rotatable bonds is 2. The summed E-state index contributed by atoms with van der Waals surface area (Å²) in [7, 11) is -2.57. The third kappa shape index (κ3) is 1.34. The fraction of sp³-hybridized carbons (Fsp3) is 1.00. The molecular formula is C3H4BF3O4. The zero-order chi connectivity index (χ0) is 8.70.